The molecular weight excluding hydrogens is 468 g/mol. The molecule has 23 heavy (non-hydrogen) atoms. The fourth-order valence-electron chi connectivity index (χ4n) is 3.55. The maximum Gasteiger partial charge on any atom is 2.00 e. The second kappa shape index (κ2) is 10.5. The zero-order valence-electron chi connectivity index (χ0n) is 17.4. The van der Waals surface area contributed by atoms with Gasteiger partial charge in [-0.25, -0.2) is 0 Å². The minimum Gasteiger partial charge on any atom is -1.00 e. The molecule has 0 aromatic rings. The third-order valence-electron chi connectivity index (χ3n) is 3.79. The van der Waals surface area contributed by atoms with Crippen molar-refractivity contribution in [3.05, 3.63) is 0 Å². The molecule has 2 nitrogen and oxygen atoms in total. The Morgan fingerprint density at radius 2 is 0.565 bits per heavy atom. The summed E-state index contributed by atoms with van der Waals surface area (Å²) in [6.45, 7) is 30.0. The topological polar surface area (TPSA) is 6.48 Å². The van der Waals surface area contributed by atoms with Gasteiger partial charge in [-0.2, -0.15) is 0 Å². The van der Waals surface area contributed by atoms with E-state index in [0.717, 1.165) is 13.1 Å². The first-order valence-corrected chi connectivity index (χ1v) is 8.03. The van der Waals surface area contributed by atoms with E-state index in [9.17, 15) is 0 Å². The fourth-order valence-corrected chi connectivity index (χ4v) is 3.55. The maximum absolute atomic E-state index is 2.62. The van der Waals surface area contributed by atoms with Crippen LogP contribution in [0.5, 0.6) is 0 Å². The Labute approximate surface area is 178 Å². The molecule has 0 aliphatic rings. The largest absolute Gasteiger partial charge is 2.00 e. The van der Waals surface area contributed by atoms with Gasteiger partial charge >= 0.3 is 17.1 Å². The quantitative estimate of drug-likeness (QED) is 0.443. The normalized spacial score (nSPS) is 13.3. The fraction of sp³-hybridized carbons (Fsp3) is 1.00. The van der Waals surface area contributed by atoms with Gasteiger partial charge in [-0.1, -0.05) is 0 Å². The van der Waals surface area contributed by atoms with Crippen LogP contribution in [0.15, 0.2) is 0 Å². The van der Waals surface area contributed by atoms with Crippen LogP contribution in [0, 0.1) is 0 Å². The van der Waals surface area contributed by atoms with E-state index in [1.54, 1.807) is 0 Å². The van der Waals surface area contributed by atoms with Gasteiger partial charge in [0.2, 0.25) is 0 Å². The summed E-state index contributed by atoms with van der Waals surface area (Å²) in [5.74, 6) is 0. The number of nitrogens with zero attached hydrogens (tertiary/aromatic N) is 2. The number of halogens is 2. The van der Waals surface area contributed by atoms with Gasteiger partial charge in [0.05, 0.1) is 0 Å². The smallest absolute Gasteiger partial charge is 1.00 e. The first-order chi connectivity index (χ1) is 8.47. The van der Waals surface area contributed by atoms with Gasteiger partial charge in [-0.15, -0.1) is 0 Å². The van der Waals surface area contributed by atoms with Crippen molar-refractivity contribution in [3.63, 3.8) is 0 Å². The van der Waals surface area contributed by atoms with Crippen LogP contribution in [0.2, 0.25) is 0 Å². The van der Waals surface area contributed by atoms with Crippen LogP contribution in [-0.4, -0.2) is 45.0 Å². The van der Waals surface area contributed by atoms with Gasteiger partial charge < -0.3 is 34.0 Å². The van der Waals surface area contributed by atoms with Crippen LogP contribution in [0.25, 0.3) is 0 Å². The van der Waals surface area contributed by atoms with E-state index in [2.05, 4.69) is 92.9 Å². The van der Waals surface area contributed by atoms with E-state index in [1.807, 2.05) is 0 Å². The predicted molar refractivity (Wildman–Crippen MR) is 92.4 cm³/mol. The molecular formula is C18H40Br2CuN2. The molecule has 0 rings (SSSR count). The Kier molecular flexibility index (Phi) is 14.7. The van der Waals surface area contributed by atoms with E-state index in [1.165, 1.54) is 0 Å². The molecule has 0 amide bonds. The summed E-state index contributed by atoms with van der Waals surface area (Å²) >= 11 is 0. The molecule has 0 saturated carbocycles. The van der Waals surface area contributed by atoms with E-state index in [0.29, 0.717) is 0 Å². The number of hydrogen-bond acceptors (Lipinski definition) is 2. The second-order valence-electron chi connectivity index (χ2n) is 9.99. The molecule has 0 aliphatic heterocycles. The Bertz CT molecular complexity index is 247. The zero-order valence-corrected chi connectivity index (χ0v) is 21.5. The average Bonchev–Trinajstić information content (AvgIpc) is 2.02. The van der Waals surface area contributed by atoms with Crippen molar-refractivity contribution in [2.45, 2.75) is 105 Å². The third-order valence-corrected chi connectivity index (χ3v) is 3.79. The zero-order chi connectivity index (χ0) is 16.6. The van der Waals surface area contributed by atoms with E-state index in [-0.39, 0.29) is 73.2 Å². The van der Waals surface area contributed by atoms with Crippen molar-refractivity contribution in [1.29, 1.82) is 0 Å². The molecule has 5 heteroatoms. The van der Waals surface area contributed by atoms with Crippen molar-refractivity contribution in [1.82, 2.24) is 9.80 Å². The monoisotopic (exact) mass is 505 g/mol. The van der Waals surface area contributed by atoms with Crippen LogP contribution < -0.4 is 34.0 Å². The molecule has 0 aliphatic carbocycles. The molecule has 0 aromatic heterocycles. The van der Waals surface area contributed by atoms with Crippen LogP contribution in [-0.2, 0) is 17.1 Å². The van der Waals surface area contributed by atoms with Crippen LogP contribution in [0.4, 0.5) is 0 Å². The molecule has 0 atom stereocenters. The van der Waals surface area contributed by atoms with Crippen molar-refractivity contribution in [2.24, 2.45) is 0 Å². The van der Waals surface area contributed by atoms with Gasteiger partial charge in [0, 0.05) is 35.2 Å². The van der Waals surface area contributed by atoms with Crippen LogP contribution in [0.1, 0.15) is 83.1 Å². The first-order valence-electron chi connectivity index (χ1n) is 8.03. The van der Waals surface area contributed by atoms with Gasteiger partial charge in [0.25, 0.3) is 0 Å². The minimum absolute atomic E-state index is 0. The van der Waals surface area contributed by atoms with Gasteiger partial charge in [-0.3, -0.25) is 9.80 Å². The molecule has 147 valence electrons. The number of rotatable bonds is 3. The van der Waals surface area contributed by atoms with Crippen molar-refractivity contribution < 1.29 is 51.0 Å². The van der Waals surface area contributed by atoms with Crippen LogP contribution >= 0.6 is 0 Å². The Hall–Kier alpha value is 1.40. The third kappa shape index (κ3) is 11.6. The number of hydrogen-bond donors (Lipinski definition) is 0. The van der Waals surface area contributed by atoms with Crippen LogP contribution in [0.3, 0.4) is 0 Å². The van der Waals surface area contributed by atoms with Gasteiger partial charge in [0.1, 0.15) is 0 Å². The predicted octanol–water partition coefficient (Wildman–Crippen LogP) is -1.21. The summed E-state index contributed by atoms with van der Waals surface area (Å²) in [5, 5.41) is 0. The Morgan fingerprint density at radius 1 is 0.435 bits per heavy atom. The summed E-state index contributed by atoms with van der Waals surface area (Å²) in [5.41, 5.74) is 0.777. The SMILES string of the molecule is CC(C)(C)N(CCN(C(C)(C)C)C(C)(C)C)C(C)(C)C.[Br-].[Br-].[Cu+2]. The molecule has 0 unspecified atom stereocenters. The summed E-state index contributed by atoms with van der Waals surface area (Å²) in [6, 6.07) is 0. The summed E-state index contributed by atoms with van der Waals surface area (Å²) in [6.07, 6.45) is 0. The van der Waals surface area contributed by atoms with E-state index >= 15 is 0 Å². The maximum atomic E-state index is 2.62. The van der Waals surface area contributed by atoms with Crippen molar-refractivity contribution in [2.75, 3.05) is 13.1 Å². The molecule has 1 radical (unpaired) electrons. The average molecular weight is 508 g/mol. The van der Waals surface area contributed by atoms with Crippen molar-refractivity contribution in [3.8, 4) is 0 Å². The molecule has 0 saturated heterocycles. The summed E-state index contributed by atoms with van der Waals surface area (Å²) in [7, 11) is 0. The molecule has 0 heterocycles. The summed E-state index contributed by atoms with van der Waals surface area (Å²) in [4.78, 5) is 5.23. The molecule has 0 N–H and O–H groups in total. The first kappa shape index (κ1) is 32.1. The Morgan fingerprint density at radius 3 is 0.652 bits per heavy atom. The minimum atomic E-state index is 0. The van der Waals surface area contributed by atoms with E-state index < -0.39 is 0 Å². The molecule has 0 bridgehead atoms. The van der Waals surface area contributed by atoms with Gasteiger partial charge in [0.15, 0.2) is 0 Å². The summed E-state index contributed by atoms with van der Waals surface area (Å²) < 4.78 is 0. The van der Waals surface area contributed by atoms with E-state index in [4.69, 9.17) is 0 Å². The second-order valence-corrected chi connectivity index (χ2v) is 9.99. The van der Waals surface area contributed by atoms with Crippen molar-refractivity contribution >= 4 is 0 Å². The molecule has 0 fully saturated rings. The Balaban J connectivity index is -0.000000602. The molecule has 0 spiro atoms. The van der Waals surface area contributed by atoms with Gasteiger partial charge in [-0.05, 0) is 83.1 Å². The molecule has 0 aromatic carbocycles. The standard InChI is InChI=1S/C18H40N2.2BrH.Cu/c1-15(2,3)19(16(4,5)6)13-14-20(17(7,8)9)18(10,11)12;;;/h13-14H2,1-12H3;2*1H;/q;;;+2/p-2.